The first-order valence-corrected chi connectivity index (χ1v) is 18.9. The van der Waals surface area contributed by atoms with Crippen molar-refractivity contribution in [3.8, 4) is 44.5 Å². The van der Waals surface area contributed by atoms with E-state index in [2.05, 4.69) is 239 Å². The number of pyridine rings is 1. The van der Waals surface area contributed by atoms with Gasteiger partial charge in [0.05, 0.1) is 0 Å². The number of hydrogen-bond acceptors (Lipinski definition) is 3. The van der Waals surface area contributed by atoms with E-state index in [4.69, 9.17) is 0 Å². The topological polar surface area (TPSA) is 19.4 Å². The van der Waals surface area contributed by atoms with Gasteiger partial charge in [0.1, 0.15) is 0 Å². The van der Waals surface area contributed by atoms with E-state index in [-0.39, 0.29) is 0 Å². The van der Waals surface area contributed by atoms with Gasteiger partial charge in [0.15, 0.2) is 0 Å². The molecule has 0 unspecified atom stereocenters. The SMILES string of the molecule is c1ccc(N(c2ccccc2)c2ccc(-c3ccc(-c4cncc(-c5ccc(-c6ccc(N(c7ccccc7)c7ccccc7)cc6)cc5)c4)cc3)cc2)cc1. The van der Waals surface area contributed by atoms with Crippen LogP contribution in [-0.4, -0.2) is 4.98 Å². The third-order valence-electron chi connectivity index (χ3n) is 10.1. The molecule has 266 valence electrons. The number of anilines is 6. The fourth-order valence-corrected chi connectivity index (χ4v) is 7.27. The third-order valence-corrected chi connectivity index (χ3v) is 10.1. The van der Waals surface area contributed by atoms with Crippen LogP contribution in [0.3, 0.4) is 0 Å². The minimum Gasteiger partial charge on any atom is -0.311 e. The standard InChI is InChI=1S/C53H39N3/c1-5-13-48(14-6-1)55(49-15-7-2-8-16-49)52-33-29-42(30-34-52)40-21-25-44(26-22-40)46-37-47(39-54-38-46)45-27-23-41(24-28-45)43-31-35-53(36-32-43)56(50-17-9-3-10-18-50)51-19-11-4-12-20-51/h1-39H. The number of para-hydroxylation sites is 4. The van der Waals surface area contributed by atoms with Crippen molar-refractivity contribution in [2.24, 2.45) is 0 Å². The predicted octanol–water partition coefficient (Wildman–Crippen LogP) is 14.7. The van der Waals surface area contributed by atoms with E-state index in [9.17, 15) is 0 Å². The molecule has 0 bridgehead atoms. The van der Waals surface area contributed by atoms with Gasteiger partial charge in [-0.15, -0.1) is 0 Å². The Morgan fingerprint density at radius 1 is 0.214 bits per heavy atom. The van der Waals surface area contributed by atoms with E-state index in [1.165, 1.54) is 22.3 Å². The molecule has 0 aliphatic carbocycles. The molecule has 0 aliphatic rings. The first-order valence-electron chi connectivity index (χ1n) is 18.9. The summed E-state index contributed by atoms with van der Waals surface area (Å²) in [5.74, 6) is 0. The lowest BCUT2D eigenvalue weighted by Crippen LogP contribution is -2.09. The summed E-state index contributed by atoms with van der Waals surface area (Å²) in [6.07, 6.45) is 3.89. The molecule has 0 aliphatic heterocycles. The van der Waals surface area contributed by atoms with E-state index in [0.29, 0.717) is 0 Å². The maximum Gasteiger partial charge on any atom is 0.0462 e. The fourth-order valence-electron chi connectivity index (χ4n) is 7.27. The van der Waals surface area contributed by atoms with Crippen molar-refractivity contribution in [1.82, 2.24) is 4.98 Å². The maximum atomic E-state index is 4.64. The van der Waals surface area contributed by atoms with Crippen molar-refractivity contribution < 1.29 is 0 Å². The van der Waals surface area contributed by atoms with Crippen molar-refractivity contribution in [3.05, 3.63) is 237 Å². The molecule has 8 aromatic carbocycles. The van der Waals surface area contributed by atoms with Gasteiger partial charge in [0, 0.05) is 57.6 Å². The lowest BCUT2D eigenvalue weighted by Gasteiger charge is -2.25. The van der Waals surface area contributed by atoms with Gasteiger partial charge in [-0.2, -0.15) is 0 Å². The van der Waals surface area contributed by atoms with E-state index in [1.807, 2.05) is 12.4 Å². The van der Waals surface area contributed by atoms with Crippen LogP contribution < -0.4 is 9.80 Å². The normalized spacial score (nSPS) is 10.9. The number of nitrogens with zero attached hydrogens (tertiary/aromatic N) is 3. The van der Waals surface area contributed by atoms with Crippen LogP contribution in [0.2, 0.25) is 0 Å². The molecule has 0 atom stereocenters. The Hall–Kier alpha value is -7.49. The van der Waals surface area contributed by atoms with Crippen LogP contribution in [0.25, 0.3) is 44.5 Å². The third kappa shape index (κ3) is 7.35. The molecule has 1 heterocycles. The molecule has 9 rings (SSSR count). The van der Waals surface area contributed by atoms with Gasteiger partial charge >= 0.3 is 0 Å². The average Bonchev–Trinajstić information content (AvgIpc) is 3.29. The summed E-state index contributed by atoms with van der Waals surface area (Å²) >= 11 is 0. The Bertz CT molecular complexity index is 2360. The average molecular weight is 718 g/mol. The molecule has 0 amide bonds. The highest BCUT2D eigenvalue weighted by Gasteiger charge is 2.14. The zero-order valence-electron chi connectivity index (χ0n) is 30.9. The number of rotatable bonds is 10. The minimum absolute atomic E-state index is 1.09. The van der Waals surface area contributed by atoms with E-state index in [1.54, 1.807) is 0 Å². The van der Waals surface area contributed by atoms with Gasteiger partial charge in [0.2, 0.25) is 0 Å². The lowest BCUT2D eigenvalue weighted by molar-refractivity contribution is 1.28. The second kappa shape index (κ2) is 15.9. The molecule has 9 aromatic rings. The zero-order valence-corrected chi connectivity index (χ0v) is 30.9. The van der Waals surface area contributed by atoms with Crippen LogP contribution in [0.1, 0.15) is 0 Å². The predicted molar refractivity (Wildman–Crippen MR) is 235 cm³/mol. The molecule has 0 spiro atoms. The van der Waals surface area contributed by atoms with E-state index >= 15 is 0 Å². The molecule has 0 saturated carbocycles. The Morgan fingerprint density at radius 3 is 0.696 bits per heavy atom. The first kappa shape index (κ1) is 34.3. The van der Waals surface area contributed by atoms with Crippen LogP contribution in [0, 0.1) is 0 Å². The van der Waals surface area contributed by atoms with Crippen molar-refractivity contribution in [1.29, 1.82) is 0 Å². The van der Waals surface area contributed by atoms with Crippen LogP contribution in [-0.2, 0) is 0 Å². The van der Waals surface area contributed by atoms with Gasteiger partial charge in [-0.05, 0) is 112 Å². The highest BCUT2D eigenvalue weighted by atomic mass is 15.1. The first-order chi connectivity index (χ1) is 27.8. The summed E-state index contributed by atoms with van der Waals surface area (Å²) in [4.78, 5) is 9.21. The van der Waals surface area contributed by atoms with E-state index in [0.717, 1.165) is 56.4 Å². The maximum absolute atomic E-state index is 4.64. The number of benzene rings is 8. The summed E-state index contributed by atoms with van der Waals surface area (Å²) in [5, 5.41) is 0. The van der Waals surface area contributed by atoms with Gasteiger partial charge in [-0.3, -0.25) is 4.98 Å². The van der Waals surface area contributed by atoms with Crippen LogP contribution >= 0.6 is 0 Å². The smallest absolute Gasteiger partial charge is 0.0462 e. The summed E-state index contributed by atoms with van der Waals surface area (Å²) in [5.41, 5.74) is 15.9. The Balaban J connectivity index is 0.908. The number of hydrogen-bond donors (Lipinski definition) is 0. The zero-order chi connectivity index (χ0) is 37.5. The molecule has 3 heteroatoms. The van der Waals surface area contributed by atoms with Crippen LogP contribution in [0.4, 0.5) is 34.1 Å². The summed E-state index contributed by atoms with van der Waals surface area (Å²) in [7, 11) is 0. The Labute approximate surface area is 329 Å². The Kier molecular flexibility index (Phi) is 9.71. The lowest BCUT2D eigenvalue weighted by atomic mass is 9.97. The molecule has 1 aromatic heterocycles. The molecular formula is C53H39N3. The molecule has 0 fully saturated rings. The van der Waals surface area contributed by atoms with Gasteiger partial charge in [-0.1, -0.05) is 146 Å². The van der Waals surface area contributed by atoms with Crippen molar-refractivity contribution in [2.75, 3.05) is 9.80 Å². The van der Waals surface area contributed by atoms with Crippen molar-refractivity contribution in [3.63, 3.8) is 0 Å². The van der Waals surface area contributed by atoms with Gasteiger partial charge < -0.3 is 9.80 Å². The minimum atomic E-state index is 1.09. The largest absolute Gasteiger partial charge is 0.311 e. The van der Waals surface area contributed by atoms with Gasteiger partial charge in [0.25, 0.3) is 0 Å². The molecule has 0 radical (unpaired) electrons. The molecular weight excluding hydrogens is 679 g/mol. The molecule has 3 nitrogen and oxygen atoms in total. The van der Waals surface area contributed by atoms with Crippen LogP contribution in [0.5, 0.6) is 0 Å². The summed E-state index contributed by atoms with van der Waals surface area (Å²) in [6, 6.07) is 79.4. The number of aromatic nitrogens is 1. The fraction of sp³-hybridized carbons (Fsp3) is 0. The highest BCUT2D eigenvalue weighted by Crippen LogP contribution is 2.37. The second-order valence-corrected chi connectivity index (χ2v) is 13.7. The van der Waals surface area contributed by atoms with E-state index < -0.39 is 0 Å². The molecule has 0 saturated heterocycles. The highest BCUT2D eigenvalue weighted by molar-refractivity contribution is 5.81. The Morgan fingerprint density at radius 2 is 0.429 bits per heavy atom. The summed E-state index contributed by atoms with van der Waals surface area (Å²) < 4.78 is 0. The van der Waals surface area contributed by atoms with Crippen molar-refractivity contribution in [2.45, 2.75) is 0 Å². The second-order valence-electron chi connectivity index (χ2n) is 13.7. The quantitative estimate of drug-likeness (QED) is 0.140. The molecule has 56 heavy (non-hydrogen) atoms. The van der Waals surface area contributed by atoms with Crippen LogP contribution in [0.15, 0.2) is 237 Å². The summed E-state index contributed by atoms with van der Waals surface area (Å²) in [6.45, 7) is 0. The molecule has 0 N–H and O–H groups in total. The monoisotopic (exact) mass is 717 g/mol. The van der Waals surface area contributed by atoms with Crippen molar-refractivity contribution >= 4 is 34.1 Å². The van der Waals surface area contributed by atoms with Gasteiger partial charge in [-0.25, -0.2) is 0 Å².